The summed E-state index contributed by atoms with van der Waals surface area (Å²) in [6.45, 7) is -0.282. The lowest BCUT2D eigenvalue weighted by Crippen LogP contribution is -2.24. The van der Waals surface area contributed by atoms with Gasteiger partial charge < -0.3 is 19.7 Å². The van der Waals surface area contributed by atoms with E-state index in [1.807, 2.05) is 0 Å². The van der Waals surface area contributed by atoms with Crippen LogP contribution in [0.3, 0.4) is 0 Å². The molecule has 2 rings (SSSR count). The van der Waals surface area contributed by atoms with Crippen molar-refractivity contribution in [2.75, 3.05) is 13.7 Å². The summed E-state index contributed by atoms with van der Waals surface area (Å²) >= 11 is 12.9. The molecule has 0 atom stereocenters. The Morgan fingerprint density at radius 2 is 1.74 bits per heavy atom. The minimum absolute atomic E-state index is 0.113. The predicted molar refractivity (Wildman–Crippen MR) is 115 cm³/mol. The molecule has 27 heavy (non-hydrogen) atoms. The van der Waals surface area contributed by atoms with E-state index in [9.17, 15) is 15.0 Å². The summed E-state index contributed by atoms with van der Waals surface area (Å²) in [5.41, 5.74) is 2.58. The number of hydrazone groups is 1. The Bertz CT molecular complexity index is 882. The van der Waals surface area contributed by atoms with E-state index in [1.54, 1.807) is 19.2 Å². The van der Waals surface area contributed by atoms with Gasteiger partial charge in [-0.2, -0.15) is 5.10 Å². The zero-order valence-electron chi connectivity index (χ0n) is 13.6. The number of nitrogens with one attached hydrogen (secondary N) is 1. The summed E-state index contributed by atoms with van der Waals surface area (Å²) in [5, 5.41) is 23.4. The lowest BCUT2D eigenvalue weighted by atomic mass is 10.2. The molecule has 0 radical (unpaired) electrons. The van der Waals surface area contributed by atoms with Crippen LogP contribution in [-0.2, 0) is 4.79 Å². The number of benzene rings is 2. The number of hydrogen-bond donors (Lipinski definition) is 3. The van der Waals surface area contributed by atoms with Crippen molar-refractivity contribution < 1.29 is 24.5 Å². The molecule has 1 amide bonds. The van der Waals surface area contributed by atoms with Gasteiger partial charge in [-0.3, -0.25) is 4.79 Å². The Morgan fingerprint density at radius 3 is 2.33 bits per heavy atom. The quantitative estimate of drug-likeness (QED) is 0.318. The van der Waals surface area contributed by atoms with Gasteiger partial charge in [-0.15, -0.1) is 0 Å². The fraction of sp³-hybridized carbons (Fsp3) is 0.125. The topological polar surface area (TPSA) is 100 Å². The zero-order valence-corrected chi connectivity index (χ0v) is 19.9. The van der Waals surface area contributed by atoms with Gasteiger partial charge >= 0.3 is 0 Å². The number of halogens is 4. The fourth-order valence-corrected chi connectivity index (χ4v) is 4.38. The van der Waals surface area contributed by atoms with Crippen molar-refractivity contribution in [3.8, 4) is 23.0 Å². The predicted octanol–water partition coefficient (Wildman–Crippen LogP) is 4.69. The van der Waals surface area contributed by atoms with Crippen molar-refractivity contribution in [2.45, 2.75) is 0 Å². The summed E-state index contributed by atoms with van der Waals surface area (Å²) in [6, 6.07) is 4.87. The molecule has 0 fully saturated rings. The monoisotopic (exact) mass is 628 g/mol. The molecule has 0 saturated heterocycles. The molecule has 7 nitrogen and oxygen atoms in total. The van der Waals surface area contributed by atoms with Gasteiger partial charge in [-0.25, -0.2) is 5.43 Å². The number of aromatic hydroxyl groups is 2. The van der Waals surface area contributed by atoms with E-state index >= 15 is 0 Å². The number of ether oxygens (including phenoxy) is 2. The first kappa shape index (κ1) is 22.0. The van der Waals surface area contributed by atoms with Crippen LogP contribution in [0.15, 0.2) is 41.2 Å². The first-order chi connectivity index (χ1) is 12.7. The van der Waals surface area contributed by atoms with Crippen molar-refractivity contribution in [1.29, 1.82) is 0 Å². The van der Waals surface area contributed by atoms with E-state index < -0.39 is 5.91 Å². The largest absolute Gasteiger partial charge is 0.506 e. The second-order valence-corrected chi connectivity index (χ2v) is 8.32. The van der Waals surface area contributed by atoms with Crippen LogP contribution in [0.5, 0.6) is 23.0 Å². The summed E-state index contributed by atoms with van der Waals surface area (Å²) in [5.74, 6) is 0.214. The van der Waals surface area contributed by atoms with Crippen molar-refractivity contribution in [1.82, 2.24) is 5.43 Å². The van der Waals surface area contributed by atoms with Crippen LogP contribution in [0.25, 0.3) is 0 Å². The standard InChI is InChI=1S/C16H12Br4N2O5/c1-26-8-3-10(18)16(11(19)4-8)27-6-12(23)22-21-5-7-2-9(17)15(25)13(20)14(7)24/h2-5,24-25H,6H2,1H3,(H,22,23)/b21-5+. The van der Waals surface area contributed by atoms with Gasteiger partial charge in [0.15, 0.2) is 6.61 Å². The second-order valence-electron chi connectivity index (χ2n) is 4.96. The molecule has 0 heterocycles. The van der Waals surface area contributed by atoms with Crippen molar-refractivity contribution >= 4 is 75.8 Å². The molecular formula is C16H12Br4N2O5. The number of rotatable bonds is 6. The van der Waals surface area contributed by atoms with Crippen LogP contribution in [-0.4, -0.2) is 36.1 Å². The van der Waals surface area contributed by atoms with Crippen LogP contribution in [0.4, 0.5) is 0 Å². The summed E-state index contributed by atoms with van der Waals surface area (Å²) in [4.78, 5) is 11.9. The highest BCUT2D eigenvalue weighted by Gasteiger charge is 2.13. The third-order valence-corrected chi connectivity index (χ3v) is 5.68. The zero-order chi connectivity index (χ0) is 20.1. The number of carbonyl (C=O) groups is 1. The van der Waals surface area contributed by atoms with Gasteiger partial charge in [0.1, 0.15) is 27.5 Å². The molecule has 0 aliphatic carbocycles. The van der Waals surface area contributed by atoms with Gasteiger partial charge in [0.25, 0.3) is 5.91 Å². The lowest BCUT2D eigenvalue weighted by molar-refractivity contribution is -0.123. The molecule has 0 saturated carbocycles. The number of carbonyl (C=O) groups excluding carboxylic acids is 1. The number of methoxy groups -OCH3 is 1. The number of hydrogen-bond acceptors (Lipinski definition) is 6. The van der Waals surface area contributed by atoms with Gasteiger partial charge in [0.2, 0.25) is 0 Å². The molecule has 0 unspecified atom stereocenters. The third kappa shape index (κ3) is 5.59. The van der Waals surface area contributed by atoms with E-state index in [2.05, 4.69) is 74.2 Å². The molecule has 3 N–H and O–H groups in total. The Balaban J connectivity index is 1.99. The molecule has 0 aliphatic heterocycles. The Hall–Kier alpha value is -1.30. The molecule has 0 aromatic heterocycles. The fourth-order valence-electron chi connectivity index (χ4n) is 1.85. The molecule has 0 spiro atoms. The average molecular weight is 632 g/mol. The highest BCUT2D eigenvalue weighted by atomic mass is 79.9. The first-order valence-electron chi connectivity index (χ1n) is 7.12. The summed E-state index contributed by atoms with van der Waals surface area (Å²) in [6.07, 6.45) is 1.24. The minimum Gasteiger partial charge on any atom is -0.506 e. The maximum atomic E-state index is 11.9. The number of phenols is 2. The van der Waals surface area contributed by atoms with Crippen LogP contribution in [0, 0.1) is 0 Å². The van der Waals surface area contributed by atoms with Crippen LogP contribution in [0.2, 0.25) is 0 Å². The summed E-state index contributed by atoms with van der Waals surface area (Å²) < 4.78 is 12.3. The van der Waals surface area contributed by atoms with E-state index in [-0.39, 0.29) is 28.1 Å². The van der Waals surface area contributed by atoms with Gasteiger partial charge in [0.05, 0.1) is 26.7 Å². The molecule has 2 aromatic rings. The minimum atomic E-state index is -0.503. The van der Waals surface area contributed by atoms with Crippen LogP contribution in [0.1, 0.15) is 5.56 Å². The Labute approximate surface area is 188 Å². The number of nitrogens with zero attached hydrogens (tertiary/aromatic N) is 1. The van der Waals surface area contributed by atoms with Crippen molar-refractivity contribution in [3.63, 3.8) is 0 Å². The van der Waals surface area contributed by atoms with E-state index in [1.165, 1.54) is 12.3 Å². The van der Waals surface area contributed by atoms with Crippen LogP contribution < -0.4 is 14.9 Å². The number of phenolic OH excluding ortho intramolecular Hbond substituents is 2. The first-order valence-corrected chi connectivity index (χ1v) is 10.3. The normalized spacial score (nSPS) is 10.9. The van der Waals surface area contributed by atoms with Gasteiger partial charge in [-0.1, -0.05) is 0 Å². The number of amides is 1. The molecule has 2 aromatic carbocycles. The van der Waals surface area contributed by atoms with Crippen LogP contribution >= 0.6 is 63.7 Å². The lowest BCUT2D eigenvalue weighted by Gasteiger charge is -2.11. The van der Waals surface area contributed by atoms with Gasteiger partial charge in [-0.05, 0) is 81.9 Å². The van der Waals surface area contributed by atoms with E-state index in [0.29, 0.717) is 24.9 Å². The van der Waals surface area contributed by atoms with Crippen molar-refractivity contribution in [3.05, 3.63) is 41.7 Å². The second kappa shape index (κ2) is 9.76. The maximum Gasteiger partial charge on any atom is 0.277 e. The smallest absolute Gasteiger partial charge is 0.277 e. The Kier molecular flexibility index (Phi) is 7.95. The molecule has 0 aliphatic rings. The Morgan fingerprint density at radius 1 is 1.11 bits per heavy atom. The molecule has 11 heteroatoms. The van der Waals surface area contributed by atoms with Gasteiger partial charge in [0, 0.05) is 5.56 Å². The van der Waals surface area contributed by atoms with E-state index in [4.69, 9.17) is 9.47 Å². The molecule has 144 valence electrons. The highest BCUT2D eigenvalue weighted by Crippen LogP contribution is 2.40. The molecular weight excluding hydrogens is 620 g/mol. The van der Waals surface area contributed by atoms with E-state index in [0.717, 1.165) is 0 Å². The summed E-state index contributed by atoms with van der Waals surface area (Å²) in [7, 11) is 1.54. The average Bonchev–Trinajstić information content (AvgIpc) is 2.63. The third-order valence-electron chi connectivity index (χ3n) is 3.15. The maximum absolute atomic E-state index is 11.9. The van der Waals surface area contributed by atoms with Crippen molar-refractivity contribution in [2.24, 2.45) is 5.10 Å². The highest BCUT2D eigenvalue weighted by molar-refractivity contribution is 9.11. The SMILES string of the molecule is COc1cc(Br)c(OCC(=O)N/N=C/c2cc(Br)c(O)c(Br)c2O)c(Br)c1. The molecule has 0 bridgehead atoms.